The molecular formula is C14H28O2Si. The number of hydrogen-bond donors (Lipinski definition) is 1. The second kappa shape index (κ2) is 6.58. The Morgan fingerprint density at radius 2 is 1.65 bits per heavy atom. The fourth-order valence-corrected chi connectivity index (χ4v) is 3.47. The summed E-state index contributed by atoms with van der Waals surface area (Å²) in [6, 6.07) is 0. The Hall–Kier alpha value is -0.303. The smallest absolute Gasteiger partial charge is 0.185 e. The molecule has 0 aromatic heterocycles. The highest BCUT2D eigenvalue weighted by Crippen LogP contribution is 2.17. The van der Waals surface area contributed by atoms with Crippen molar-refractivity contribution in [3.8, 4) is 11.8 Å². The summed E-state index contributed by atoms with van der Waals surface area (Å²) < 4.78 is 5.98. The lowest BCUT2D eigenvalue weighted by Gasteiger charge is -2.28. The molecule has 1 N–H and O–H groups in total. The Labute approximate surface area is 108 Å². The number of rotatable bonds is 5. The van der Waals surface area contributed by atoms with Crippen molar-refractivity contribution < 1.29 is 9.53 Å². The first-order valence-corrected chi connectivity index (χ1v) is 9.93. The molecule has 0 rings (SSSR count). The van der Waals surface area contributed by atoms with Crippen LogP contribution in [0.15, 0.2) is 0 Å². The van der Waals surface area contributed by atoms with Gasteiger partial charge in [0.05, 0.1) is 0 Å². The molecule has 0 fully saturated rings. The molecule has 17 heavy (non-hydrogen) atoms. The zero-order valence-corrected chi connectivity index (χ0v) is 13.4. The number of hydrogen-bond acceptors (Lipinski definition) is 2. The maximum absolute atomic E-state index is 9.95. The van der Waals surface area contributed by atoms with Crippen LogP contribution in [0.25, 0.3) is 0 Å². The molecule has 0 radical (unpaired) electrons. The fraction of sp³-hybridized carbons (Fsp3) is 0.857. The van der Waals surface area contributed by atoms with Crippen molar-refractivity contribution in [1.29, 1.82) is 0 Å². The predicted molar refractivity (Wildman–Crippen MR) is 76.4 cm³/mol. The minimum absolute atomic E-state index is 0.269. The lowest BCUT2D eigenvalue weighted by Crippen LogP contribution is -2.37. The van der Waals surface area contributed by atoms with Crippen LogP contribution in [-0.4, -0.2) is 25.1 Å². The van der Waals surface area contributed by atoms with Gasteiger partial charge < -0.3 is 9.53 Å². The maximum Gasteiger partial charge on any atom is 0.185 e. The summed E-state index contributed by atoms with van der Waals surface area (Å²) in [7, 11) is -1.59. The molecule has 0 amide bonds. The summed E-state index contributed by atoms with van der Waals surface area (Å²) in [6.45, 7) is 14.6. The van der Waals surface area contributed by atoms with Gasteiger partial charge in [-0.3, -0.25) is 0 Å². The molecule has 0 aliphatic rings. The molecule has 0 aliphatic heterocycles. The van der Waals surface area contributed by atoms with Gasteiger partial charge in [-0.15, -0.1) is 0 Å². The van der Waals surface area contributed by atoms with Crippen LogP contribution in [0.2, 0.25) is 19.6 Å². The number of aliphatic hydroxyl groups is 1. The van der Waals surface area contributed by atoms with Crippen LogP contribution in [0.5, 0.6) is 0 Å². The van der Waals surface area contributed by atoms with Crippen LogP contribution >= 0.6 is 0 Å². The third-order valence-corrected chi connectivity index (χ3v) is 3.70. The molecule has 1 atom stereocenters. The lowest BCUT2D eigenvalue weighted by molar-refractivity contribution is 0.148. The molecule has 0 aromatic rings. The summed E-state index contributed by atoms with van der Waals surface area (Å²) in [5.74, 6) is 6.30. The highest BCUT2D eigenvalue weighted by molar-refractivity contribution is 6.69. The van der Waals surface area contributed by atoms with Crippen LogP contribution in [0.4, 0.5) is 0 Å². The molecule has 100 valence electrons. The second-order valence-corrected chi connectivity index (χ2v) is 10.4. The van der Waals surface area contributed by atoms with Crippen molar-refractivity contribution >= 4 is 8.32 Å². The standard InChI is InChI=1S/C14H28O2Si/c1-8-12(9-2)13(15)10-11-14(3,4)16-17(5,6)7/h12-13,15H,8-9H2,1-7H3/t13-/m1/s1. The molecule has 0 heterocycles. The molecule has 2 nitrogen and oxygen atoms in total. The zero-order chi connectivity index (χ0) is 13.7. The van der Waals surface area contributed by atoms with E-state index in [0.29, 0.717) is 0 Å². The van der Waals surface area contributed by atoms with E-state index in [2.05, 4.69) is 45.3 Å². The van der Waals surface area contributed by atoms with Gasteiger partial charge in [-0.2, -0.15) is 0 Å². The molecule has 0 bridgehead atoms. The summed E-state index contributed by atoms with van der Waals surface area (Å²) in [6.07, 6.45) is 1.39. The van der Waals surface area contributed by atoms with E-state index < -0.39 is 20.0 Å². The molecule has 3 heteroatoms. The van der Waals surface area contributed by atoms with E-state index in [-0.39, 0.29) is 5.92 Å². The highest BCUT2D eigenvalue weighted by Gasteiger charge is 2.25. The first-order valence-electron chi connectivity index (χ1n) is 6.52. The van der Waals surface area contributed by atoms with Gasteiger partial charge in [0.15, 0.2) is 8.32 Å². The first-order chi connectivity index (χ1) is 7.61. The van der Waals surface area contributed by atoms with Gasteiger partial charge in [-0.1, -0.05) is 25.7 Å². The van der Waals surface area contributed by atoms with Crippen molar-refractivity contribution in [2.75, 3.05) is 0 Å². The van der Waals surface area contributed by atoms with E-state index >= 15 is 0 Å². The molecule has 0 aromatic carbocycles. The van der Waals surface area contributed by atoms with Gasteiger partial charge in [0.1, 0.15) is 11.7 Å². The quantitative estimate of drug-likeness (QED) is 0.603. The molecule has 0 aliphatic carbocycles. The van der Waals surface area contributed by atoms with Crippen LogP contribution in [-0.2, 0) is 4.43 Å². The van der Waals surface area contributed by atoms with E-state index in [9.17, 15) is 5.11 Å². The van der Waals surface area contributed by atoms with E-state index in [4.69, 9.17) is 4.43 Å². The van der Waals surface area contributed by atoms with Gasteiger partial charge in [-0.05, 0) is 52.2 Å². The summed E-state index contributed by atoms with van der Waals surface area (Å²) in [5.41, 5.74) is -0.461. The molecule has 0 saturated heterocycles. The van der Waals surface area contributed by atoms with Crippen molar-refractivity contribution in [3.05, 3.63) is 0 Å². The Morgan fingerprint density at radius 1 is 1.18 bits per heavy atom. The highest BCUT2D eigenvalue weighted by atomic mass is 28.4. The summed E-state index contributed by atoms with van der Waals surface area (Å²) in [4.78, 5) is 0. The van der Waals surface area contributed by atoms with Crippen molar-refractivity contribution in [2.45, 2.75) is 71.9 Å². The fourth-order valence-electron chi connectivity index (χ4n) is 1.89. The maximum atomic E-state index is 9.95. The van der Waals surface area contributed by atoms with Crippen LogP contribution in [0.3, 0.4) is 0 Å². The summed E-state index contributed by atoms with van der Waals surface area (Å²) >= 11 is 0. The average Bonchev–Trinajstić information content (AvgIpc) is 2.13. The second-order valence-electron chi connectivity index (χ2n) is 6.02. The third-order valence-electron chi connectivity index (χ3n) is 2.58. The third kappa shape index (κ3) is 7.59. The lowest BCUT2D eigenvalue weighted by atomic mass is 9.96. The monoisotopic (exact) mass is 256 g/mol. The molecule has 0 spiro atoms. The van der Waals surface area contributed by atoms with E-state index in [1.165, 1.54) is 0 Å². The predicted octanol–water partition coefficient (Wildman–Crippen LogP) is 3.42. The SMILES string of the molecule is CCC(CC)[C@H](O)C#CC(C)(C)O[Si](C)(C)C. The average molecular weight is 256 g/mol. The zero-order valence-electron chi connectivity index (χ0n) is 12.4. The van der Waals surface area contributed by atoms with E-state index in [1.54, 1.807) is 0 Å². The minimum Gasteiger partial charge on any atom is -0.402 e. The van der Waals surface area contributed by atoms with E-state index in [0.717, 1.165) is 12.8 Å². The Balaban J connectivity index is 4.60. The molecule has 0 saturated carbocycles. The molecular weight excluding hydrogens is 228 g/mol. The van der Waals surface area contributed by atoms with Gasteiger partial charge in [-0.25, -0.2) is 0 Å². The Bertz CT molecular complexity index is 277. The normalized spacial score (nSPS) is 14.4. The van der Waals surface area contributed by atoms with Crippen LogP contribution < -0.4 is 0 Å². The Morgan fingerprint density at radius 3 is 2.00 bits per heavy atom. The minimum atomic E-state index is -1.59. The van der Waals surface area contributed by atoms with Crippen molar-refractivity contribution in [3.63, 3.8) is 0 Å². The van der Waals surface area contributed by atoms with Crippen molar-refractivity contribution in [2.24, 2.45) is 5.92 Å². The van der Waals surface area contributed by atoms with Gasteiger partial charge in [0.25, 0.3) is 0 Å². The van der Waals surface area contributed by atoms with Gasteiger partial charge in [0, 0.05) is 0 Å². The summed E-state index contributed by atoms with van der Waals surface area (Å²) in [5, 5.41) is 9.95. The number of aliphatic hydroxyl groups excluding tert-OH is 1. The van der Waals surface area contributed by atoms with E-state index in [1.807, 2.05) is 13.8 Å². The molecule has 0 unspecified atom stereocenters. The van der Waals surface area contributed by atoms with Crippen molar-refractivity contribution in [1.82, 2.24) is 0 Å². The largest absolute Gasteiger partial charge is 0.402 e. The topological polar surface area (TPSA) is 29.5 Å². The van der Waals surface area contributed by atoms with Gasteiger partial charge >= 0.3 is 0 Å². The van der Waals surface area contributed by atoms with Gasteiger partial charge in [0.2, 0.25) is 0 Å². The van der Waals surface area contributed by atoms with Crippen LogP contribution in [0, 0.1) is 17.8 Å². The van der Waals surface area contributed by atoms with Crippen LogP contribution in [0.1, 0.15) is 40.5 Å². The first kappa shape index (κ1) is 16.7. The Kier molecular flexibility index (Phi) is 6.46.